The molecule has 1 unspecified atom stereocenters. The topological polar surface area (TPSA) is 86.7 Å². The Hall–Kier alpha value is -1.59. The summed E-state index contributed by atoms with van der Waals surface area (Å²) in [5.41, 5.74) is 0. The molecule has 0 bridgehead atoms. The first-order valence-corrected chi connectivity index (χ1v) is 5.36. The van der Waals surface area contributed by atoms with Crippen molar-refractivity contribution >= 4 is 17.8 Å². The van der Waals surface area contributed by atoms with Crippen molar-refractivity contribution < 1.29 is 19.5 Å². The van der Waals surface area contributed by atoms with Gasteiger partial charge in [-0.3, -0.25) is 14.4 Å². The molecule has 16 heavy (non-hydrogen) atoms. The molecular weight excluding hydrogens is 212 g/mol. The zero-order chi connectivity index (χ0) is 12.1. The third-order valence-corrected chi connectivity index (χ3v) is 2.59. The van der Waals surface area contributed by atoms with E-state index in [-0.39, 0.29) is 6.54 Å². The lowest BCUT2D eigenvalue weighted by atomic mass is 9.98. The predicted molar refractivity (Wildman–Crippen MR) is 55.6 cm³/mol. The van der Waals surface area contributed by atoms with Crippen molar-refractivity contribution in [2.75, 3.05) is 19.6 Å². The highest BCUT2D eigenvalue weighted by molar-refractivity contribution is 6.35. The van der Waals surface area contributed by atoms with Crippen molar-refractivity contribution in [2.45, 2.75) is 19.8 Å². The molecule has 6 heteroatoms. The molecule has 0 aromatic heterocycles. The Labute approximate surface area is 93.6 Å². The Bertz CT molecular complexity index is 303. The van der Waals surface area contributed by atoms with E-state index in [0.29, 0.717) is 25.9 Å². The van der Waals surface area contributed by atoms with Crippen LogP contribution < -0.4 is 5.32 Å². The number of nitrogens with one attached hydrogen (secondary N) is 1. The van der Waals surface area contributed by atoms with Gasteiger partial charge < -0.3 is 15.3 Å². The number of rotatable bonds is 2. The molecular formula is C10H16N2O4. The maximum atomic E-state index is 11.6. The van der Waals surface area contributed by atoms with Gasteiger partial charge in [-0.2, -0.15) is 0 Å². The lowest BCUT2D eigenvalue weighted by Gasteiger charge is -2.30. The number of carbonyl (C=O) groups is 3. The summed E-state index contributed by atoms with van der Waals surface area (Å²) in [6.45, 7) is 2.70. The van der Waals surface area contributed by atoms with Crippen LogP contribution in [-0.4, -0.2) is 47.4 Å². The maximum absolute atomic E-state index is 11.6. The van der Waals surface area contributed by atoms with Crippen molar-refractivity contribution in [3.8, 4) is 0 Å². The predicted octanol–water partition coefficient (Wildman–Crippen LogP) is -0.554. The molecule has 90 valence electrons. The third kappa shape index (κ3) is 2.95. The quantitative estimate of drug-likeness (QED) is 0.621. The summed E-state index contributed by atoms with van der Waals surface area (Å²) in [6, 6.07) is 0. The van der Waals surface area contributed by atoms with Crippen LogP contribution in [0, 0.1) is 5.92 Å². The highest BCUT2D eigenvalue weighted by atomic mass is 16.4. The van der Waals surface area contributed by atoms with Gasteiger partial charge in [0.15, 0.2) is 0 Å². The molecule has 1 rings (SSSR count). The van der Waals surface area contributed by atoms with Gasteiger partial charge >= 0.3 is 17.8 Å². The van der Waals surface area contributed by atoms with Crippen molar-refractivity contribution in [3.63, 3.8) is 0 Å². The van der Waals surface area contributed by atoms with E-state index in [0.717, 1.165) is 0 Å². The number of hydrogen-bond donors (Lipinski definition) is 2. The number of aliphatic carboxylic acids is 1. The van der Waals surface area contributed by atoms with Crippen LogP contribution in [0.15, 0.2) is 0 Å². The first-order chi connectivity index (χ1) is 7.56. The Kier molecular flexibility index (Phi) is 4.28. The van der Waals surface area contributed by atoms with E-state index in [2.05, 4.69) is 5.32 Å². The zero-order valence-electron chi connectivity index (χ0n) is 9.23. The molecule has 0 spiro atoms. The van der Waals surface area contributed by atoms with Crippen molar-refractivity contribution in [2.24, 2.45) is 5.92 Å². The van der Waals surface area contributed by atoms with Gasteiger partial charge in [-0.05, 0) is 19.8 Å². The van der Waals surface area contributed by atoms with Gasteiger partial charge in [0.1, 0.15) is 0 Å². The van der Waals surface area contributed by atoms with Crippen LogP contribution in [-0.2, 0) is 14.4 Å². The largest absolute Gasteiger partial charge is 0.481 e. The molecule has 2 N–H and O–H groups in total. The number of hydrogen-bond acceptors (Lipinski definition) is 3. The van der Waals surface area contributed by atoms with Crippen LogP contribution in [0.5, 0.6) is 0 Å². The van der Waals surface area contributed by atoms with Crippen LogP contribution in [0.25, 0.3) is 0 Å². The van der Waals surface area contributed by atoms with Crippen LogP contribution in [0.3, 0.4) is 0 Å². The molecule has 1 heterocycles. The van der Waals surface area contributed by atoms with Gasteiger partial charge in [-0.25, -0.2) is 0 Å². The first-order valence-electron chi connectivity index (χ1n) is 5.36. The lowest BCUT2D eigenvalue weighted by Crippen LogP contribution is -2.48. The molecule has 0 saturated carbocycles. The van der Waals surface area contributed by atoms with Gasteiger partial charge in [0, 0.05) is 19.6 Å². The number of nitrogens with zero attached hydrogens (tertiary/aromatic N) is 1. The second kappa shape index (κ2) is 5.48. The summed E-state index contributed by atoms with van der Waals surface area (Å²) in [5.74, 6) is -2.75. The second-order valence-electron chi connectivity index (χ2n) is 3.79. The molecule has 1 saturated heterocycles. The van der Waals surface area contributed by atoms with Crippen molar-refractivity contribution in [1.29, 1.82) is 0 Å². The van der Waals surface area contributed by atoms with Gasteiger partial charge in [-0.15, -0.1) is 0 Å². The number of piperidine rings is 1. The van der Waals surface area contributed by atoms with Crippen LogP contribution in [0.2, 0.25) is 0 Å². The highest BCUT2D eigenvalue weighted by Gasteiger charge is 2.30. The van der Waals surface area contributed by atoms with E-state index in [1.807, 2.05) is 0 Å². The molecule has 0 radical (unpaired) electrons. The average molecular weight is 228 g/mol. The van der Waals surface area contributed by atoms with Gasteiger partial charge in [0.25, 0.3) is 0 Å². The van der Waals surface area contributed by atoms with Crippen LogP contribution >= 0.6 is 0 Å². The number of carboxylic acids is 1. The second-order valence-corrected chi connectivity index (χ2v) is 3.79. The summed E-state index contributed by atoms with van der Waals surface area (Å²) < 4.78 is 0. The van der Waals surface area contributed by atoms with E-state index in [4.69, 9.17) is 5.11 Å². The number of carboxylic acid groups (broad SMARTS) is 1. The lowest BCUT2D eigenvalue weighted by molar-refractivity contribution is -0.150. The van der Waals surface area contributed by atoms with Crippen molar-refractivity contribution in [1.82, 2.24) is 10.2 Å². The highest BCUT2D eigenvalue weighted by Crippen LogP contribution is 2.16. The molecule has 6 nitrogen and oxygen atoms in total. The maximum Gasteiger partial charge on any atom is 0.311 e. The average Bonchev–Trinajstić information content (AvgIpc) is 2.28. The molecule has 2 amide bonds. The zero-order valence-corrected chi connectivity index (χ0v) is 9.23. The minimum atomic E-state index is -0.909. The summed E-state index contributed by atoms with van der Waals surface area (Å²) in [6.07, 6.45) is 1.19. The number of carbonyl (C=O) groups excluding carboxylic acids is 2. The van der Waals surface area contributed by atoms with Gasteiger partial charge in [0.2, 0.25) is 0 Å². The number of likely N-dealkylation sites (N-methyl/N-ethyl adjacent to an activating group) is 1. The van der Waals surface area contributed by atoms with Gasteiger partial charge in [0.05, 0.1) is 5.92 Å². The third-order valence-electron chi connectivity index (χ3n) is 2.59. The minimum Gasteiger partial charge on any atom is -0.481 e. The fraction of sp³-hybridized carbons (Fsp3) is 0.700. The van der Waals surface area contributed by atoms with Crippen LogP contribution in [0.1, 0.15) is 19.8 Å². The smallest absolute Gasteiger partial charge is 0.311 e. The molecule has 1 fully saturated rings. The van der Waals surface area contributed by atoms with E-state index < -0.39 is 23.7 Å². The summed E-state index contributed by atoms with van der Waals surface area (Å²) in [7, 11) is 0. The van der Waals surface area contributed by atoms with Crippen LogP contribution in [0.4, 0.5) is 0 Å². The molecule has 0 aromatic carbocycles. The standard InChI is InChI=1S/C10H16N2O4/c1-2-11-8(13)9(14)12-5-3-4-7(6-12)10(15)16/h7H,2-6H2,1H3,(H,11,13)(H,15,16). The van der Waals surface area contributed by atoms with E-state index in [1.165, 1.54) is 4.90 Å². The number of amides is 2. The molecule has 1 aliphatic heterocycles. The number of likely N-dealkylation sites (tertiary alicyclic amines) is 1. The summed E-state index contributed by atoms with van der Waals surface area (Å²) in [5, 5.41) is 11.3. The SMILES string of the molecule is CCNC(=O)C(=O)N1CCCC(C(=O)O)C1. The fourth-order valence-corrected chi connectivity index (χ4v) is 1.74. The fourth-order valence-electron chi connectivity index (χ4n) is 1.74. The van der Waals surface area contributed by atoms with E-state index in [9.17, 15) is 14.4 Å². The van der Waals surface area contributed by atoms with E-state index in [1.54, 1.807) is 6.92 Å². The Morgan fingerprint density at radius 1 is 1.44 bits per heavy atom. The van der Waals surface area contributed by atoms with Crippen molar-refractivity contribution in [3.05, 3.63) is 0 Å². The normalized spacial score (nSPS) is 20.3. The Morgan fingerprint density at radius 3 is 2.69 bits per heavy atom. The van der Waals surface area contributed by atoms with E-state index >= 15 is 0 Å². The Morgan fingerprint density at radius 2 is 2.12 bits per heavy atom. The monoisotopic (exact) mass is 228 g/mol. The first kappa shape index (κ1) is 12.5. The van der Waals surface area contributed by atoms with Gasteiger partial charge in [-0.1, -0.05) is 0 Å². The summed E-state index contributed by atoms with van der Waals surface area (Å²) >= 11 is 0. The molecule has 1 aliphatic rings. The molecule has 0 aromatic rings. The Balaban J connectivity index is 2.56. The molecule has 1 atom stereocenters. The molecule has 0 aliphatic carbocycles. The minimum absolute atomic E-state index is 0.130. The summed E-state index contributed by atoms with van der Waals surface area (Å²) in [4.78, 5) is 34.9.